The van der Waals surface area contributed by atoms with Crippen LogP contribution in [0.1, 0.15) is 52.4 Å². The quantitative estimate of drug-likeness (QED) is 0.501. The Labute approximate surface area is 89.9 Å². The second kappa shape index (κ2) is 12.9. The second-order valence-corrected chi connectivity index (χ2v) is 3.91. The molecule has 0 rings (SSSR count). The molecule has 0 heterocycles. The fourth-order valence-corrected chi connectivity index (χ4v) is 1.41. The molecule has 0 saturated heterocycles. The molecule has 86 valence electrons. The van der Waals surface area contributed by atoms with Crippen LogP contribution in [-0.4, -0.2) is 26.2 Å². The van der Waals surface area contributed by atoms with Crippen LogP contribution in [0.5, 0.6) is 0 Å². The van der Waals surface area contributed by atoms with E-state index in [2.05, 4.69) is 24.5 Å². The molecule has 0 atom stereocenters. The maximum atomic E-state index is 3.47. The summed E-state index contributed by atoms with van der Waals surface area (Å²) >= 11 is 0. The molecule has 2 heteroatoms. The molecule has 0 amide bonds. The van der Waals surface area contributed by atoms with E-state index in [4.69, 9.17) is 0 Å². The van der Waals surface area contributed by atoms with E-state index in [1.165, 1.54) is 64.7 Å². The van der Waals surface area contributed by atoms with Crippen LogP contribution >= 0.6 is 0 Å². The minimum atomic E-state index is 1.18. The Kier molecular flexibility index (Phi) is 12.8. The van der Waals surface area contributed by atoms with E-state index in [1.807, 2.05) is 0 Å². The highest BCUT2D eigenvalue weighted by atomic mass is 14.8. The molecule has 0 bridgehead atoms. The molecular formula is C12H28N2. The molecule has 0 fully saturated rings. The van der Waals surface area contributed by atoms with E-state index in [9.17, 15) is 0 Å². The number of hydrogen-bond acceptors (Lipinski definition) is 2. The van der Waals surface area contributed by atoms with Crippen molar-refractivity contribution in [3.63, 3.8) is 0 Å². The van der Waals surface area contributed by atoms with Gasteiger partial charge in [0, 0.05) is 0 Å². The van der Waals surface area contributed by atoms with Gasteiger partial charge >= 0.3 is 0 Å². The summed E-state index contributed by atoms with van der Waals surface area (Å²) in [5, 5.41) is 6.89. The van der Waals surface area contributed by atoms with Crippen LogP contribution in [0.25, 0.3) is 0 Å². The van der Waals surface area contributed by atoms with Gasteiger partial charge in [0.25, 0.3) is 0 Å². The third-order valence-corrected chi connectivity index (χ3v) is 2.34. The van der Waals surface area contributed by atoms with Crippen LogP contribution in [-0.2, 0) is 0 Å². The third kappa shape index (κ3) is 11.9. The smallest absolute Gasteiger partial charge is 0.00489 e. The summed E-state index contributed by atoms with van der Waals surface area (Å²) < 4.78 is 0. The van der Waals surface area contributed by atoms with Crippen molar-refractivity contribution in [1.82, 2.24) is 10.6 Å². The molecule has 2 N–H and O–H groups in total. The summed E-state index contributed by atoms with van der Waals surface area (Å²) in [6, 6.07) is 0. The number of hydrogen-bond donors (Lipinski definition) is 2. The van der Waals surface area contributed by atoms with Crippen LogP contribution in [0, 0.1) is 0 Å². The molecule has 0 aromatic heterocycles. The Morgan fingerprint density at radius 3 is 1.71 bits per heavy atom. The van der Waals surface area contributed by atoms with Gasteiger partial charge in [0.15, 0.2) is 0 Å². The average molecular weight is 200 g/mol. The van der Waals surface area contributed by atoms with Gasteiger partial charge in [0.2, 0.25) is 0 Å². The van der Waals surface area contributed by atoms with E-state index < -0.39 is 0 Å². The van der Waals surface area contributed by atoms with Crippen molar-refractivity contribution in [3.8, 4) is 0 Å². The van der Waals surface area contributed by atoms with Gasteiger partial charge < -0.3 is 10.6 Å². The summed E-state index contributed by atoms with van der Waals surface area (Å²) in [5.41, 5.74) is 0. The highest BCUT2D eigenvalue weighted by molar-refractivity contribution is 4.51. The van der Waals surface area contributed by atoms with Crippen molar-refractivity contribution in [1.29, 1.82) is 0 Å². The second-order valence-electron chi connectivity index (χ2n) is 3.91. The zero-order chi connectivity index (χ0) is 10.5. The van der Waals surface area contributed by atoms with Crippen LogP contribution in [0.2, 0.25) is 0 Å². The summed E-state index contributed by atoms with van der Waals surface area (Å²) in [7, 11) is 0. The standard InChI is InChI=1S/C12H28N2/c1-3-5-10-14-12-8-6-7-11-13-9-4-2/h13-14H,3-12H2,1-2H3. The largest absolute Gasteiger partial charge is 0.317 e. The number of unbranched alkanes of at least 4 members (excludes halogenated alkanes) is 3. The Morgan fingerprint density at radius 2 is 1.14 bits per heavy atom. The van der Waals surface area contributed by atoms with E-state index in [1.54, 1.807) is 0 Å². The van der Waals surface area contributed by atoms with Gasteiger partial charge in [-0.05, 0) is 51.9 Å². The number of nitrogens with one attached hydrogen (secondary N) is 2. The molecule has 0 aliphatic rings. The first-order valence-corrected chi connectivity index (χ1v) is 6.33. The first kappa shape index (κ1) is 13.9. The van der Waals surface area contributed by atoms with Crippen LogP contribution < -0.4 is 10.6 Å². The van der Waals surface area contributed by atoms with Gasteiger partial charge in [0.05, 0.1) is 0 Å². The normalized spacial score (nSPS) is 10.7. The highest BCUT2D eigenvalue weighted by Crippen LogP contribution is 1.92. The van der Waals surface area contributed by atoms with Crippen molar-refractivity contribution < 1.29 is 0 Å². The lowest BCUT2D eigenvalue weighted by Gasteiger charge is -2.04. The molecule has 0 unspecified atom stereocenters. The van der Waals surface area contributed by atoms with Crippen molar-refractivity contribution in [2.24, 2.45) is 0 Å². The van der Waals surface area contributed by atoms with Crippen molar-refractivity contribution in [2.75, 3.05) is 26.2 Å². The number of rotatable bonds is 11. The van der Waals surface area contributed by atoms with E-state index in [0.29, 0.717) is 0 Å². The first-order chi connectivity index (χ1) is 6.91. The summed E-state index contributed by atoms with van der Waals surface area (Å²) in [4.78, 5) is 0. The van der Waals surface area contributed by atoms with Crippen molar-refractivity contribution in [3.05, 3.63) is 0 Å². The van der Waals surface area contributed by atoms with Gasteiger partial charge in [-0.15, -0.1) is 0 Å². The average Bonchev–Trinajstić information content (AvgIpc) is 2.21. The molecule has 0 aliphatic heterocycles. The molecule has 0 radical (unpaired) electrons. The molecule has 0 aromatic carbocycles. The van der Waals surface area contributed by atoms with E-state index in [0.717, 1.165) is 0 Å². The maximum Gasteiger partial charge on any atom is -0.00489 e. The molecule has 0 spiro atoms. The van der Waals surface area contributed by atoms with Gasteiger partial charge in [-0.2, -0.15) is 0 Å². The summed E-state index contributed by atoms with van der Waals surface area (Å²) in [5.74, 6) is 0. The fraction of sp³-hybridized carbons (Fsp3) is 1.00. The van der Waals surface area contributed by atoms with Gasteiger partial charge in [-0.1, -0.05) is 26.7 Å². The van der Waals surface area contributed by atoms with Crippen LogP contribution in [0.3, 0.4) is 0 Å². The van der Waals surface area contributed by atoms with Crippen LogP contribution in [0.4, 0.5) is 0 Å². The zero-order valence-electron chi connectivity index (χ0n) is 10.1. The summed E-state index contributed by atoms with van der Waals surface area (Å²) in [6.07, 6.45) is 7.88. The predicted molar refractivity (Wildman–Crippen MR) is 64.8 cm³/mol. The van der Waals surface area contributed by atoms with E-state index >= 15 is 0 Å². The summed E-state index contributed by atoms with van der Waals surface area (Å²) in [6.45, 7) is 9.22. The van der Waals surface area contributed by atoms with E-state index in [-0.39, 0.29) is 0 Å². The Hall–Kier alpha value is -0.0800. The molecule has 14 heavy (non-hydrogen) atoms. The highest BCUT2D eigenvalue weighted by Gasteiger charge is 1.89. The fourth-order valence-electron chi connectivity index (χ4n) is 1.41. The van der Waals surface area contributed by atoms with Crippen molar-refractivity contribution >= 4 is 0 Å². The Balaban J connectivity index is 2.78. The zero-order valence-corrected chi connectivity index (χ0v) is 10.1. The Morgan fingerprint density at radius 1 is 0.571 bits per heavy atom. The SMILES string of the molecule is CCCCNCCCCCNCCC. The lowest BCUT2D eigenvalue weighted by Crippen LogP contribution is -2.18. The van der Waals surface area contributed by atoms with Gasteiger partial charge in [-0.25, -0.2) is 0 Å². The lowest BCUT2D eigenvalue weighted by molar-refractivity contribution is 0.562. The maximum absolute atomic E-state index is 3.47. The minimum absolute atomic E-state index is 1.18. The monoisotopic (exact) mass is 200 g/mol. The Bertz CT molecular complexity index is 82.3. The van der Waals surface area contributed by atoms with Gasteiger partial charge in [-0.3, -0.25) is 0 Å². The topological polar surface area (TPSA) is 24.1 Å². The predicted octanol–water partition coefficient (Wildman–Crippen LogP) is 2.55. The molecule has 0 aromatic rings. The first-order valence-electron chi connectivity index (χ1n) is 6.33. The van der Waals surface area contributed by atoms with Gasteiger partial charge in [0.1, 0.15) is 0 Å². The molecule has 2 nitrogen and oxygen atoms in total. The lowest BCUT2D eigenvalue weighted by atomic mass is 10.2. The molecule has 0 aliphatic carbocycles. The third-order valence-electron chi connectivity index (χ3n) is 2.34. The molecule has 0 saturated carbocycles. The molecular weight excluding hydrogens is 172 g/mol. The van der Waals surface area contributed by atoms with Crippen LogP contribution in [0.15, 0.2) is 0 Å². The van der Waals surface area contributed by atoms with Crippen molar-refractivity contribution in [2.45, 2.75) is 52.4 Å². The minimum Gasteiger partial charge on any atom is -0.317 e.